The van der Waals surface area contributed by atoms with Crippen LogP contribution < -0.4 is 5.32 Å². The number of amides is 1. The molecule has 0 unspecified atom stereocenters. The van der Waals surface area contributed by atoms with Crippen LogP contribution in [0.25, 0.3) is 0 Å². The van der Waals surface area contributed by atoms with E-state index in [1.54, 1.807) is 25.1 Å². The second-order valence-corrected chi connectivity index (χ2v) is 6.42. The molecule has 0 saturated carbocycles. The molecule has 1 aliphatic rings. The Balaban J connectivity index is 2.49. The number of halogens is 2. The van der Waals surface area contributed by atoms with E-state index in [0.29, 0.717) is 33.3 Å². The van der Waals surface area contributed by atoms with Crippen molar-refractivity contribution in [3.63, 3.8) is 0 Å². The molecule has 1 aromatic rings. The minimum atomic E-state index is -0.512. The van der Waals surface area contributed by atoms with Crippen molar-refractivity contribution in [1.82, 2.24) is 5.32 Å². The highest BCUT2D eigenvalue weighted by Gasteiger charge is 2.35. The summed E-state index contributed by atoms with van der Waals surface area (Å²) < 4.78 is 5.44. The molecular formula is C17H19Cl2NO3. The Hall–Kier alpha value is -1.52. The fraction of sp³-hybridized carbons (Fsp3) is 0.412. The lowest BCUT2D eigenvalue weighted by Crippen LogP contribution is -2.35. The average molecular weight is 356 g/mol. The predicted molar refractivity (Wildman–Crippen MR) is 90.5 cm³/mol. The molecule has 0 radical (unpaired) electrons. The fourth-order valence-corrected chi connectivity index (χ4v) is 3.25. The van der Waals surface area contributed by atoms with Gasteiger partial charge in [0.2, 0.25) is 5.91 Å². The van der Waals surface area contributed by atoms with Crippen molar-refractivity contribution in [2.24, 2.45) is 0 Å². The minimum absolute atomic E-state index is 0.103. The maximum atomic E-state index is 12.6. The number of carbonyl (C=O) groups is 2. The molecule has 6 heteroatoms. The fourth-order valence-electron chi connectivity index (χ4n) is 2.59. The van der Waals surface area contributed by atoms with Crippen LogP contribution in [-0.2, 0) is 14.3 Å². The Kier molecular flexibility index (Phi) is 5.71. The first-order valence-corrected chi connectivity index (χ1v) is 8.26. The van der Waals surface area contributed by atoms with E-state index in [1.807, 2.05) is 13.8 Å². The number of hydrogen-bond acceptors (Lipinski definition) is 3. The van der Waals surface area contributed by atoms with E-state index in [-0.39, 0.29) is 18.4 Å². The first-order chi connectivity index (χ1) is 10.8. The number of carbonyl (C=O) groups excluding carboxylic acids is 2. The van der Waals surface area contributed by atoms with Crippen LogP contribution in [0.5, 0.6) is 0 Å². The Bertz CT molecular complexity index is 650. The number of ether oxygens (including phenoxy) is 1. The monoisotopic (exact) mass is 355 g/mol. The topological polar surface area (TPSA) is 55.4 Å². The standard InChI is InChI=1S/C17H19Cl2NO3/c1-4-9(2)23-17(22)15-10(3)20-14(21)8-11(15)16-12(18)6-5-7-13(16)19/h5-7,9,11H,4,8H2,1-3H3,(H,20,21)/t9-,11+/m0/s1. The summed E-state index contributed by atoms with van der Waals surface area (Å²) in [5, 5.41) is 3.55. The molecule has 1 heterocycles. The molecule has 0 fully saturated rings. The van der Waals surface area contributed by atoms with Gasteiger partial charge in [0.15, 0.2) is 0 Å². The van der Waals surface area contributed by atoms with E-state index in [0.717, 1.165) is 0 Å². The van der Waals surface area contributed by atoms with Crippen LogP contribution in [0.2, 0.25) is 10.0 Å². The van der Waals surface area contributed by atoms with Crippen LogP contribution in [0, 0.1) is 0 Å². The van der Waals surface area contributed by atoms with Crippen molar-refractivity contribution in [3.05, 3.63) is 45.1 Å². The smallest absolute Gasteiger partial charge is 0.336 e. The summed E-state index contributed by atoms with van der Waals surface area (Å²) in [5.41, 5.74) is 1.47. The van der Waals surface area contributed by atoms with Gasteiger partial charge in [0.25, 0.3) is 0 Å². The zero-order valence-electron chi connectivity index (χ0n) is 13.3. The summed E-state index contributed by atoms with van der Waals surface area (Å²) >= 11 is 12.5. The molecule has 0 aliphatic carbocycles. The number of rotatable bonds is 4. The predicted octanol–water partition coefficient (Wildman–Crippen LogP) is 4.21. The highest BCUT2D eigenvalue weighted by atomic mass is 35.5. The van der Waals surface area contributed by atoms with Crippen molar-refractivity contribution >= 4 is 35.1 Å². The summed E-state index contributed by atoms with van der Waals surface area (Å²) in [4.78, 5) is 24.5. The SMILES string of the molecule is CC[C@H](C)OC(=O)C1=C(C)NC(=O)C[C@H]1c1c(Cl)cccc1Cl. The van der Waals surface area contributed by atoms with Crippen molar-refractivity contribution in [2.45, 2.75) is 45.6 Å². The number of benzene rings is 1. The normalized spacial score (nSPS) is 19.3. The van der Waals surface area contributed by atoms with Gasteiger partial charge in [0, 0.05) is 28.1 Å². The van der Waals surface area contributed by atoms with Crippen LogP contribution in [0.1, 0.15) is 45.1 Å². The highest BCUT2D eigenvalue weighted by Crippen LogP contribution is 2.40. The Labute approximate surface area is 145 Å². The third-order valence-corrected chi connectivity index (χ3v) is 4.58. The van der Waals surface area contributed by atoms with Gasteiger partial charge < -0.3 is 10.1 Å². The van der Waals surface area contributed by atoms with E-state index in [9.17, 15) is 9.59 Å². The third kappa shape index (κ3) is 3.88. The molecule has 1 amide bonds. The van der Waals surface area contributed by atoms with Gasteiger partial charge in [0.05, 0.1) is 11.7 Å². The summed E-state index contributed by atoms with van der Waals surface area (Å²) in [6, 6.07) is 5.12. The van der Waals surface area contributed by atoms with Gasteiger partial charge in [-0.05, 0) is 38.0 Å². The summed E-state index contributed by atoms with van der Waals surface area (Å²) in [5.74, 6) is -1.14. The molecular weight excluding hydrogens is 337 g/mol. The van der Waals surface area contributed by atoms with Gasteiger partial charge in [-0.15, -0.1) is 0 Å². The Morgan fingerprint density at radius 3 is 2.57 bits per heavy atom. The van der Waals surface area contributed by atoms with Crippen molar-refractivity contribution in [1.29, 1.82) is 0 Å². The molecule has 0 spiro atoms. The quantitative estimate of drug-likeness (QED) is 0.822. The Morgan fingerprint density at radius 1 is 1.39 bits per heavy atom. The van der Waals surface area contributed by atoms with E-state index in [1.165, 1.54) is 0 Å². The molecule has 0 bridgehead atoms. The average Bonchev–Trinajstić information content (AvgIpc) is 2.46. The second-order valence-electron chi connectivity index (χ2n) is 5.60. The van der Waals surface area contributed by atoms with Crippen LogP contribution in [0.15, 0.2) is 29.5 Å². The molecule has 2 rings (SSSR count). The van der Waals surface area contributed by atoms with Crippen LogP contribution >= 0.6 is 23.2 Å². The summed E-state index contributed by atoms with van der Waals surface area (Å²) in [6.45, 7) is 5.44. The number of nitrogens with one attached hydrogen (secondary N) is 1. The molecule has 4 nitrogen and oxygen atoms in total. The van der Waals surface area contributed by atoms with Gasteiger partial charge in [-0.25, -0.2) is 4.79 Å². The number of esters is 1. The van der Waals surface area contributed by atoms with E-state index < -0.39 is 11.9 Å². The maximum absolute atomic E-state index is 12.6. The van der Waals surface area contributed by atoms with Gasteiger partial charge >= 0.3 is 5.97 Å². The van der Waals surface area contributed by atoms with E-state index in [2.05, 4.69) is 5.32 Å². The summed E-state index contributed by atoms with van der Waals surface area (Å²) in [7, 11) is 0. The van der Waals surface area contributed by atoms with Crippen molar-refractivity contribution < 1.29 is 14.3 Å². The first-order valence-electron chi connectivity index (χ1n) is 7.50. The lowest BCUT2D eigenvalue weighted by atomic mass is 9.84. The zero-order chi connectivity index (χ0) is 17.1. The molecule has 1 N–H and O–H groups in total. The number of hydrogen-bond donors (Lipinski definition) is 1. The lowest BCUT2D eigenvalue weighted by Gasteiger charge is -2.28. The molecule has 0 aromatic heterocycles. The Morgan fingerprint density at radius 2 is 2.00 bits per heavy atom. The third-order valence-electron chi connectivity index (χ3n) is 3.92. The van der Waals surface area contributed by atoms with Crippen molar-refractivity contribution in [3.8, 4) is 0 Å². The van der Waals surface area contributed by atoms with Crippen LogP contribution in [-0.4, -0.2) is 18.0 Å². The van der Waals surface area contributed by atoms with Crippen LogP contribution in [0.4, 0.5) is 0 Å². The zero-order valence-corrected chi connectivity index (χ0v) is 14.8. The molecule has 23 heavy (non-hydrogen) atoms. The molecule has 1 aromatic carbocycles. The van der Waals surface area contributed by atoms with E-state index in [4.69, 9.17) is 27.9 Å². The van der Waals surface area contributed by atoms with E-state index >= 15 is 0 Å². The van der Waals surface area contributed by atoms with Gasteiger partial charge in [-0.1, -0.05) is 36.2 Å². The molecule has 0 saturated heterocycles. The largest absolute Gasteiger partial charge is 0.459 e. The number of allylic oxidation sites excluding steroid dienone is 1. The lowest BCUT2D eigenvalue weighted by molar-refractivity contribution is -0.144. The first kappa shape index (κ1) is 17.8. The van der Waals surface area contributed by atoms with Crippen LogP contribution in [0.3, 0.4) is 0 Å². The van der Waals surface area contributed by atoms with Gasteiger partial charge in [-0.3, -0.25) is 4.79 Å². The van der Waals surface area contributed by atoms with Crippen molar-refractivity contribution in [2.75, 3.05) is 0 Å². The molecule has 1 aliphatic heterocycles. The van der Waals surface area contributed by atoms with Gasteiger partial charge in [-0.2, -0.15) is 0 Å². The second kappa shape index (κ2) is 7.37. The molecule has 2 atom stereocenters. The molecule has 124 valence electrons. The van der Waals surface area contributed by atoms with Gasteiger partial charge in [0.1, 0.15) is 0 Å². The highest BCUT2D eigenvalue weighted by molar-refractivity contribution is 6.36. The minimum Gasteiger partial charge on any atom is -0.459 e. The maximum Gasteiger partial charge on any atom is 0.336 e. The summed E-state index contributed by atoms with van der Waals surface area (Å²) in [6.07, 6.45) is 0.607.